The molecule has 1 aliphatic carbocycles. The number of H-pyrrole nitrogens is 2. The molecule has 4 atom stereocenters. The van der Waals surface area contributed by atoms with Gasteiger partial charge in [-0.25, -0.2) is 15.0 Å². The molecule has 1 fully saturated rings. The van der Waals surface area contributed by atoms with Gasteiger partial charge in [-0.05, 0) is 91.6 Å². The van der Waals surface area contributed by atoms with E-state index in [1.54, 1.807) is 0 Å². The average Bonchev–Trinajstić information content (AvgIpc) is 3.35. The highest BCUT2D eigenvalue weighted by atomic mass is 14.9. The highest BCUT2D eigenvalue weighted by molar-refractivity contribution is 5.89. The van der Waals surface area contributed by atoms with Crippen molar-refractivity contribution >= 4 is 33.0 Å². The Hall–Kier alpha value is -4.07. The van der Waals surface area contributed by atoms with Crippen LogP contribution in [0.25, 0.3) is 55.4 Å². The third-order valence-electron chi connectivity index (χ3n) is 8.84. The molecule has 0 saturated heterocycles. The number of nitrogens with one attached hydrogen (secondary N) is 2. The van der Waals surface area contributed by atoms with E-state index < -0.39 is 0 Å². The SMILES string of the molecule is C[C@H](CCc1nc2ccc(-c3ccc4cc(-c5ccc6nc(CCC7CC7N)[nH]c6c5)ccc4n3)cc2[nH]1)[C@@H](C)N. The van der Waals surface area contributed by atoms with E-state index in [1.807, 2.05) is 0 Å². The predicted molar refractivity (Wildman–Crippen MR) is 167 cm³/mol. The van der Waals surface area contributed by atoms with E-state index in [-0.39, 0.29) is 6.04 Å². The molecule has 7 heteroatoms. The van der Waals surface area contributed by atoms with E-state index in [0.717, 1.165) is 88.0 Å². The van der Waals surface area contributed by atoms with Gasteiger partial charge in [0.05, 0.1) is 33.3 Å². The topological polar surface area (TPSA) is 122 Å². The first-order valence-electron chi connectivity index (χ1n) is 14.8. The van der Waals surface area contributed by atoms with Crippen LogP contribution < -0.4 is 11.5 Å². The number of aromatic amines is 2. The standard InChI is InChI=1S/C34H37N7/c1-19(20(2)35)3-13-33-38-30-12-7-25(18-32(30)41-33)28-10-6-24-15-21(4-9-27(24)37-28)22-5-11-29-31(17-22)40-34(39-29)14-8-23-16-26(23)36/h4-7,9-12,15,17-20,23,26H,3,8,13-14,16,35-36H2,1-2H3,(H,38,41)(H,39,40)/t19-,20-,23?,26?/m1/s1. The van der Waals surface area contributed by atoms with E-state index in [1.165, 1.54) is 11.1 Å². The van der Waals surface area contributed by atoms with E-state index in [4.69, 9.17) is 26.4 Å². The molecule has 208 valence electrons. The lowest BCUT2D eigenvalue weighted by Crippen LogP contribution is -2.24. The second-order valence-corrected chi connectivity index (χ2v) is 12.0. The van der Waals surface area contributed by atoms with Crippen LogP contribution in [-0.4, -0.2) is 37.0 Å². The van der Waals surface area contributed by atoms with Crippen LogP contribution in [0.4, 0.5) is 0 Å². The Morgan fingerprint density at radius 3 is 2.05 bits per heavy atom. The molecule has 0 spiro atoms. The Bertz CT molecular complexity index is 1860. The quantitative estimate of drug-likeness (QED) is 0.165. The predicted octanol–water partition coefficient (Wildman–Crippen LogP) is 6.52. The van der Waals surface area contributed by atoms with Gasteiger partial charge in [0.15, 0.2) is 0 Å². The van der Waals surface area contributed by atoms with E-state index in [0.29, 0.717) is 17.9 Å². The van der Waals surface area contributed by atoms with Gasteiger partial charge in [0, 0.05) is 35.9 Å². The van der Waals surface area contributed by atoms with Crippen LogP contribution in [0.2, 0.25) is 0 Å². The maximum absolute atomic E-state index is 6.04. The van der Waals surface area contributed by atoms with E-state index >= 15 is 0 Å². The summed E-state index contributed by atoms with van der Waals surface area (Å²) in [6.45, 7) is 4.26. The van der Waals surface area contributed by atoms with Crippen LogP contribution >= 0.6 is 0 Å². The lowest BCUT2D eigenvalue weighted by molar-refractivity contribution is 0.447. The van der Waals surface area contributed by atoms with Gasteiger partial charge in [-0.1, -0.05) is 31.2 Å². The largest absolute Gasteiger partial charge is 0.342 e. The average molecular weight is 544 g/mol. The number of nitrogens with zero attached hydrogens (tertiary/aromatic N) is 3. The molecule has 1 saturated carbocycles. The fourth-order valence-corrected chi connectivity index (χ4v) is 5.72. The molecule has 3 aromatic carbocycles. The Kier molecular flexibility index (Phi) is 6.56. The van der Waals surface area contributed by atoms with Crippen molar-refractivity contribution in [1.82, 2.24) is 24.9 Å². The molecule has 2 unspecified atom stereocenters. The van der Waals surface area contributed by atoms with Crippen LogP contribution in [0.3, 0.4) is 0 Å². The summed E-state index contributed by atoms with van der Waals surface area (Å²) in [7, 11) is 0. The van der Waals surface area contributed by atoms with Crippen molar-refractivity contribution < 1.29 is 0 Å². The number of pyridine rings is 1. The van der Waals surface area contributed by atoms with Crippen molar-refractivity contribution in [2.75, 3.05) is 0 Å². The van der Waals surface area contributed by atoms with Crippen molar-refractivity contribution in [2.24, 2.45) is 23.3 Å². The Morgan fingerprint density at radius 2 is 1.37 bits per heavy atom. The van der Waals surface area contributed by atoms with Gasteiger partial charge in [-0.3, -0.25) is 0 Å². The molecule has 41 heavy (non-hydrogen) atoms. The van der Waals surface area contributed by atoms with Crippen molar-refractivity contribution in [2.45, 2.75) is 58.0 Å². The molecule has 3 heterocycles. The maximum Gasteiger partial charge on any atom is 0.107 e. The highest BCUT2D eigenvalue weighted by Crippen LogP contribution is 2.33. The van der Waals surface area contributed by atoms with Crippen LogP contribution in [0, 0.1) is 11.8 Å². The van der Waals surface area contributed by atoms with Crippen LogP contribution in [0.1, 0.15) is 44.8 Å². The Labute approximate surface area is 239 Å². The zero-order valence-corrected chi connectivity index (χ0v) is 23.7. The summed E-state index contributed by atoms with van der Waals surface area (Å²) in [4.78, 5) is 21.6. The molecule has 0 aliphatic heterocycles. The minimum Gasteiger partial charge on any atom is -0.342 e. The van der Waals surface area contributed by atoms with Gasteiger partial charge in [-0.15, -0.1) is 0 Å². The smallest absolute Gasteiger partial charge is 0.107 e. The first kappa shape index (κ1) is 25.9. The fourth-order valence-electron chi connectivity index (χ4n) is 5.72. The molecule has 0 radical (unpaired) electrons. The number of fused-ring (bicyclic) bond motifs is 3. The normalized spacial score (nSPS) is 18.3. The first-order chi connectivity index (χ1) is 19.9. The number of benzene rings is 3. The lowest BCUT2D eigenvalue weighted by Gasteiger charge is -2.13. The van der Waals surface area contributed by atoms with Crippen molar-refractivity contribution in [3.8, 4) is 22.4 Å². The van der Waals surface area contributed by atoms with Gasteiger partial charge in [-0.2, -0.15) is 0 Å². The van der Waals surface area contributed by atoms with Crippen LogP contribution in [0.5, 0.6) is 0 Å². The summed E-state index contributed by atoms with van der Waals surface area (Å²) in [5, 5.41) is 1.12. The molecule has 6 N–H and O–H groups in total. The molecule has 1 aliphatic rings. The number of aryl methyl sites for hydroxylation is 2. The molecule has 0 amide bonds. The minimum absolute atomic E-state index is 0.191. The van der Waals surface area contributed by atoms with Gasteiger partial charge in [0.2, 0.25) is 0 Å². The number of imidazole rings is 2. The summed E-state index contributed by atoms with van der Waals surface area (Å²) in [5.74, 6) is 3.18. The van der Waals surface area contributed by atoms with Gasteiger partial charge >= 0.3 is 0 Å². The van der Waals surface area contributed by atoms with Crippen molar-refractivity contribution in [1.29, 1.82) is 0 Å². The number of hydrogen-bond acceptors (Lipinski definition) is 5. The number of hydrogen-bond donors (Lipinski definition) is 4. The van der Waals surface area contributed by atoms with Gasteiger partial charge in [0.1, 0.15) is 11.6 Å². The highest BCUT2D eigenvalue weighted by Gasteiger charge is 2.32. The van der Waals surface area contributed by atoms with Crippen LogP contribution in [0.15, 0.2) is 66.7 Å². The second kappa shape index (κ2) is 10.4. The van der Waals surface area contributed by atoms with Crippen LogP contribution in [-0.2, 0) is 12.8 Å². The van der Waals surface area contributed by atoms with Gasteiger partial charge in [0.25, 0.3) is 0 Å². The van der Waals surface area contributed by atoms with Crippen molar-refractivity contribution in [3.05, 3.63) is 78.4 Å². The summed E-state index contributed by atoms with van der Waals surface area (Å²) in [5.41, 5.74) is 21.4. The summed E-state index contributed by atoms with van der Waals surface area (Å²) in [6.07, 6.45) is 5.13. The lowest BCUT2D eigenvalue weighted by atomic mass is 9.99. The summed E-state index contributed by atoms with van der Waals surface area (Å²) in [6, 6.07) is 24.1. The maximum atomic E-state index is 6.04. The Balaban J connectivity index is 1.10. The third kappa shape index (κ3) is 5.35. The zero-order valence-electron chi connectivity index (χ0n) is 23.7. The fraction of sp³-hybridized carbons (Fsp3) is 0.324. The number of rotatable bonds is 9. The van der Waals surface area contributed by atoms with Gasteiger partial charge < -0.3 is 21.4 Å². The molecular weight excluding hydrogens is 506 g/mol. The van der Waals surface area contributed by atoms with E-state index in [2.05, 4.69) is 90.5 Å². The molecular formula is C34H37N7. The monoisotopic (exact) mass is 543 g/mol. The van der Waals surface area contributed by atoms with Crippen molar-refractivity contribution in [3.63, 3.8) is 0 Å². The molecule has 3 aromatic heterocycles. The number of nitrogens with two attached hydrogens (primary N) is 2. The Morgan fingerprint density at radius 1 is 0.756 bits per heavy atom. The molecule has 7 rings (SSSR count). The summed E-state index contributed by atoms with van der Waals surface area (Å²) < 4.78 is 0. The third-order valence-corrected chi connectivity index (χ3v) is 8.84. The zero-order chi connectivity index (χ0) is 28.1. The first-order valence-corrected chi connectivity index (χ1v) is 14.8. The van der Waals surface area contributed by atoms with E-state index in [9.17, 15) is 0 Å². The second-order valence-electron chi connectivity index (χ2n) is 12.0. The molecule has 0 bridgehead atoms. The minimum atomic E-state index is 0.191. The molecule has 6 aromatic rings. The summed E-state index contributed by atoms with van der Waals surface area (Å²) >= 11 is 0. The molecule has 7 nitrogen and oxygen atoms in total. The number of aromatic nitrogens is 5.